The number of halogens is 1. The van der Waals surface area contributed by atoms with Crippen LogP contribution in [-0.2, 0) is 0 Å². The van der Waals surface area contributed by atoms with Gasteiger partial charge in [-0.1, -0.05) is 17.7 Å². The molecule has 0 spiro atoms. The second kappa shape index (κ2) is 3.79. The van der Waals surface area contributed by atoms with Crippen molar-refractivity contribution in [3.63, 3.8) is 0 Å². The summed E-state index contributed by atoms with van der Waals surface area (Å²) in [4.78, 5) is 2.06. The standard InChI is InChI=1S/C11H15ClN2/c1-14(2)8-3-4-9(10(12)7-8)11-5-6-13-11/h3-4,7,11,13H,5-6H2,1-2H3/t11-/m1/s1. The van der Waals surface area contributed by atoms with Crippen LogP contribution in [0.1, 0.15) is 18.0 Å². The Morgan fingerprint density at radius 1 is 1.43 bits per heavy atom. The lowest BCUT2D eigenvalue weighted by Crippen LogP contribution is -2.35. The molecule has 0 aromatic heterocycles. The van der Waals surface area contributed by atoms with Crippen LogP contribution < -0.4 is 10.2 Å². The maximum atomic E-state index is 6.21. The Morgan fingerprint density at radius 3 is 2.57 bits per heavy atom. The summed E-state index contributed by atoms with van der Waals surface area (Å²) in [7, 11) is 4.04. The van der Waals surface area contributed by atoms with E-state index in [0.717, 1.165) is 17.3 Å². The van der Waals surface area contributed by atoms with Crippen LogP contribution in [-0.4, -0.2) is 20.6 Å². The van der Waals surface area contributed by atoms with Crippen LogP contribution in [0, 0.1) is 0 Å². The van der Waals surface area contributed by atoms with Crippen molar-refractivity contribution in [2.75, 3.05) is 25.5 Å². The van der Waals surface area contributed by atoms with Gasteiger partial charge in [0.15, 0.2) is 0 Å². The van der Waals surface area contributed by atoms with E-state index in [-0.39, 0.29) is 0 Å². The lowest BCUT2D eigenvalue weighted by Gasteiger charge is -2.29. The van der Waals surface area contributed by atoms with E-state index in [0.29, 0.717) is 6.04 Å². The number of benzene rings is 1. The van der Waals surface area contributed by atoms with E-state index in [9.17, 15) is 0 Å². The third-order valence-corrected chi connectivity index (χ3v) is 3.03. The van der Waals surface area contributed by atoms with Crippen molar-refractivity contribution < 1.29 is 0 Å². The average molecular weight is 211 g/mol. The summed E-state index contributed by atoms with van der Waals surface area (Å²) in [6, 6.07) is 6.73. The van der Waals surface area contributed by atoms with Gasteiger partial charge in [-0.05, 0) is 30.7 Å². The normalized spacial score (nSPS) is 20.4. The molecule has 0 radical (unpaired) electrons. The average Bonchev–Trinajstić information content (AvgIpc) is 2.04. The SMILES string of the molecule is CN(C)c1ccc([C@H]2CCN2)c(Cl)c1. The molecule has 2 rings (SSSR count). The first-order valence-electron chi connectivity index (χ1n) is 4.88. The summed E-state index contributed by atoms with van der Waals surface area (Å²) in [5.41, 5.74) is 2.38. The molecule has 1 N–H and O–H groups in total. The number of hydrogen-bond donors (Lipinski definition) is 1. The van der Waals surface area contributed by atoms with E-state index >= 15 is 0 Å². The Bertz CT molecular complexity index is 332. The number of anilines is 1. The van der Waals surface area contributed by atoms with Crippen LogP contribution in [0.15, 0.2) is 18.2 Å². The van der Waals surface area contributed by atoms with E-state index in [1.165, 1.54) is 12.0 Å². The third-order valence-electron chi connectivity index (χ3n) is 2.70. The Balaban J connectivity index is 2.26. The molecule has 0 saturated carbocycles. The third kappa shape index (κ3) is 1.72. The van der Waals surface area contributed by atoms with Crippen molar-refractivity contribution in [1.29, 1.82) is 0 Å². The lowest BCUT2D eigenvalue weighted by atomic mass is 9.98. The van der Waals surface area contributed by atoms with Crippen LogP contribution >= 0.6 is 11.6 Å². The van der Waals surface area contributed by atoms with Crippen molar-refractivity contribution >= 4 is 17.3 Å². The smallest absolute Gasteiger partial charge is 0.0474 e. The first-order valence-corrected chi connectivity index (χ1v) is 5.26. The Hall–Kier alpha value is -0.730. The molecule has 1 aliphatic heterocycles. The first-order chi connectivity index (χ1) is 6.68. The number of hydrogen-bond acceptors (Lipinski definition) is 2. The molecule has 2 nitrogen and oxygen atoms in total. The molecule has 76 valence electrons. The Morgan fingerprint density at radius 2 is 2.14 bits per heavy atom. The van der Waals surface area contributed by atoms with Crippen molar-refractivity contribution in [3.8, 4) is 0 Å². The van der Waals surface area contributed by atoms with Crippen LogP contribution in [0.2, 0.25) is 5.02 Å². The summed E-state index contributed by atoms with van der Waals surface area (Å²) in [5, 5.41) is 4.22. The Kier molecular flexibility index (Phi) is 2.66. The molecule has 0 aliphatic carbocycles. The fourth-order valence-electron chi connectivity index (χ4n) is 1.63. The summed E-state index contributed by atoms with van der Waals surface area (Å²) in [6.07, 6.45) is 1.20. The summed E-state index contributed by atoms with van der Waals surface area (Å²) in [5.74, 6) is 0. The van der Waals surface area contributed by atoms with Crippen molar-refractivity contribution in [1.82, 2.24) is 5.32 Å². The zero-order chi connectivity index (χ0) is 10.1. The quantitative estimate of drug-likeness (QED) is 0.807. The molecular formula is C11H15ClN2. The van der Waals surface area contributed by atoms with Gasteiger partial charge < -0.3 is 10.2 Å². The minimum absolute atomic E-state index is 0.471. The van der Waals surface area contributed by atoms with E-state index in [2.05, 4.69) is 22.3 Å². The van der Waals surface area contributed by atoms with Crippen LogP contribution in [0.25, 0.3) is 0 Å². The first kappa shape index (κ1) is 9.81. The van der Waals surface area contributed by atoms with E-state index in [1.54, 1.807) is 0 Å². The molecule has 1 saturated heterocycles. The van der Waals surface area contributed by atoms with Gasteiger partial charge in [0.1, 0.15) is 0 Å². The topological polar surface area (TPSA) is 15.3 Å². The van der Waals surface area contributed by atoms with Crippen LogP contribution in [0.3, 0.4) is 0 Å². The fraction of sp³-hybridized carbons (Fsp3) is 0.455. The number of nitrogens with zero attached hydrogens (tertiary/aromatic N) is 1. The highest BCUT2D eigenvalue weighted by Gasteiger charge is 2.20. The minimum Gasteiger partial charge on any atom is -0.378 e. The van der Waals surface area contributed by atoms with Crippen LogP contribution in [0.4, 0.5) is 5.69 Å². The molecule has 1 aliphatic rings. The second-order valence-corrected chi connectivity index (χ2v) is 4.30. The fourth-order valence-corrected chi connectivity index (χ4v) is 1.94. The second-order valence-electron chi connectivity index (χ2n) is 3.90. The van der Waals surface area contributed by atoms with Crippen LogP contribution in [0.5, 0.6) is 0 Å². The Labute approximate surface area is 89.9 Å². The largest absolute Gasteiger partial charge is 0.378 e. The molecule has 1 fully saturated rings. The van der Waals surface area contributed by atoms with E-state index in [4.69, 9.17) is 11.6 Å². The van der Waals surface area contributed by atoms with E-state index < -0.39 is 0 Å². The zero-order valence-corrected chi connectivity index (χ0v) is 9.30. The number of rotatable bonds is 2. The van der Waals surface area contributed by atoms with Gasteiger partial charge >= 0.3 is 0 Å². The van der Waals surface area contributed by atoms with Gasteiger partial charge in [0, 0.05) is 30.8 Å². The summed E-state index contributed by atoms with van der Waals surface area (Å²) < 4.78 is 0. The molecular weight excluding hydrogens is 196 g/mol. The minimum atomic E-state index is 0.471. The maximum Gasteiger partial charge on any atom is 0.0474 e. The van der Waals surface area contributed by atoms with Crippen molar-refractivity contribution in [3.05, 3.63) is 28.8 Å². The molecule has 0 bridgehead atoms. The molecule has 1 aromatic rings. The summed E-state index contributed by atoms with van der Waals surface area (Å²) >= 11 is 6.21. The van der Waals surface area contributed by atoms with Gasteiger partial charge in [0.25, 0.3) is 0 Å². The van der Waals surface area contributed by atoms with Crippen molar-refractivity contribution in [2.45, 2.75) is 12.5 Å². The highest BCUT2D eigenvalue weighted by atomic mass is 35.5. The molecule has 0 unspecified atom stereocenters. The highest BCUT2D eigenvalue weighted by molar-refractivity contribution is 6.31. The lowest BCUT2D eigenvalue weighted by molar-refractivity contribution is 0.383. The van der Waals surface area contributed by atoms with Gasteiger partial charge in [-0.25, -0.2) is 0 Å². The molecule has 3 heteroatoms. The van der Waals surface area contributed by atoms with Crippen molar-refractivity contribution in [2.24, 2.45) is 0 Å². The molecule has 14 heavy (non-hydrogen) atoms. The van der Waals surface area contributed by atoms with E-state index in [1.807, 2.05) is 20.2 Å². The van der Waals surface area contributed by atoms with Gasteiger partial charge in [-0.3, -0.25) is 0 Å². The van der Waals surface area contributed by atoms with Gasteiger partial charge in [0.05, 0.1) is 0 Å². The summed E-state index contributed by atoms with van der Waals surface area (Å²) in [6.45, 7) is 1.11. The predicted molar refractivity (Wildman–Crippen MR) is 61.1 cm³/mol. The molecule has 1 atom stereocenters. The predicted octanol–water partition coefficient (Wildman–Crippen LogP) is 2.44. The number of nitrogens with one attached hydrogen (secondary N) is 1. The van der Waals surface area contributed by atoms with Gasteiger partial charge in [-0.15, -0.1) is 0 Å². The van der Waals surface area contributed by atoms with Gasteiger partial charge in [0.2, 0.25) is 0 Å². The molecule has 0 amide bonds. The zero-order valence-electron chi connectivity index (χ0n) is 8.55. The maximum absolute atomic E-state index is 6.21. The molecule has 1 heterocycles. The molecule has 1 aromatic carbocycles. The monoisotopic (exact) mass is 210 g/mol. The highest BCUT2D eigenvalue weighted by Crippen LogP contribution is 2.31. The van der Waals surface area contributed by atoms with Gasteiger partial charge in [-0.2, -0.15) is 0 Å².